The van der Waals surface area contributed by atoms with Crippen molar-refractivity contribution in [3.63, 3.8) is 0 Å². The number of anilines is 1. The van der Waals surface area contributed by atoms with E-state index in [1.54, 1.807) is 0 Å². The van der Waals surface area contributed by atoms with Crippen LogP contribution < -0.4 is 5.32 Å². The van der Waals surface area contributed by atoms with E-state index < -0.39 is 0 Å². The summed E-state index contributed by atoms with van der Waals surface area (Å²) in [4.78, 5) is 12.0. The fraction of sp³-hybridized carbons (Fsp3) is 0.150. The van der Waals surface area contributed by atoms with Crippen molar-refractivity contribution in [2.24, 2.45) is 0 Å². The zero-order valence-corrected chi connectivity index (χ0v) is 14.8. The van der Waals surface area contributed by atoms with Crippen molar-refractivity contribution in [3.05, 3.63) is 82.4 Å². The number of aromatic nitrogens is 2. The highest BCUT2D eigenvalue weighted by molar-refractivity contribution is 7.15. The third-order valence-corrected chi connectivity index (χ3v) is 4.57. The maximum atomic E-state index is 12.0. The number of hydrogen-bond donors (Lipinski definition) is 1. The Bertz CT molecular complexity index is 871. The number of amides is 1. The van der Waals surface area contributed by atoms with E-state index in [2.05, 4.69) is 34.6 Å². The van der Waals surface area contributed by atoms with Gasteiger partial charge in [-0.3, -0.25) is 4.79 Å². The van der Waals surface area contributed by atoms with Crippen LogP contribution in [0.25, 0.3) is 6.08 Å². The maximum Gasteiger partial charge on any atom is 0.230 e. The minimum atomic E-state index is -0.0919. The molecule has 5 heteroatoms. The number of hydrogen-bond acceptors (Lipinski definition) is 4. The highest BCUT2D eigenvalue weighted by Crippen LogP contribution is 2.20. The van der Waals surface area contributed by atoms with Crippen molar-refractivity contribution in [1.82, 2.24) is 10.2 Å². The Labute approximate surface area is 151 Å². The quantitative estimate of drug-likeness (QED) is 0.714. The molecule has 126 valence electrons. The van der Waals surface area contributed by atoms with Gasteiger partial charge in [-0.1, -0.05) is 78.1 Å². The first-order valence-corrected chi connectivity index (χ1v) is 8.91. The molecule has 1 amide bonds. The first kappa shape index (κ1) is 17.0. The molecule has 0 saturated heterocycles. The van der Waals surface area contributed by atoms with Gasteiger partial charge in [0.2, 0.25) is 11.0 Å². The molecule has 25 heavy (non-hydrogen) atoms. The first-order chi connectivity index (χ1) is 12.2. The molecule has 1 aromatic heterocycles. The van der Waals surface area contributed by atoms with Gasteiger partial charge in [0.25, 0.3) is 0 Å². The largest absolute Gasteiger partial charge is 0.300 e. The summed E-state index contributed by atoms with van der Waals surface area (Å²) in [5.74, 6) is -0.0919. The van der Waals surface area contributed by atoms with Gasteiger partial charge in [0, 0.05) is 12.8 Å². The van der Waals surface area contributed by atoms with Crippen molar-refractivity contribution in [2.75, 3.05) is 5.32 Å². The zero-order valence-electron chi connectivity index (χ0n) is 14.0. The number of rotatable bonds is 6. The van der Waals surface area contributed by atoms with Crippen molar-refractivity contribution >= 4 is 28.5 Å². The van der Waals surface area contributed by atoms with Gasteiger partial charge >= 0.3 is 0 Å². The van der Waals surface area contributed by atoms with Gasteiger partial charge in [-0.05, 0) is 23.6 Å². The van der Waals surface area contributed by atoms with E-state index in [0.29, 0.717) is 11.6 Å². The average molecular weight is 349 g/mol. The maximum absolute atomic E-state index is 12.0. The van der Waals surface area contributed by atoms with E-state index in [1.165, 1.54) is 22.5 Å². The van der Waals surface area contributed by atoms with Gasteiger partial charge in [-0.25, -0.2) is 0 Å². The molecule has 0 unspecified atom stereocenters. The number of carbonyl (C=O) groups excluding carboxylic acids is 1. The third kappa shape index (κ3) is 5.09. The molecular formula is C20H19N3OS. The molecule has 1 N–H and O–H groups in total. The van der Waals surface area contributed by atoms with Crippen LogP contribution in [0, 0.1) is 6.92 Å². The van der Waals surface area contributed by atoms with Crippen LogP contribution in [-0.2, 0) is 11.2 Å². The van der Waals surface area contributed by atoms with Crippen LogP contribution >= 0.6 is 11.3 Å². The highest BCUT2D eigenvalue weighted by Gasteiger charge is 2.08. The van der Waals surface area contributed by atoms with Crippen molar-refractivity contribution < 1.29 is 4.79 Å². The van der Waals surface area contributed by atoms with Crippen LogP contribution in [0.3, 0.4) is 0 Å². The van der Waals surface area contributed by atoms with Gasteiger partial charge < -0.3 is 5.32 Å². The molecule has 0 saturated carbocycles. The second-order valence-corrected chi connectivity index (χ2v) is 6.73. The number of nitrogens with zero attached hydrogens (tertiary/aromatic N) is 2. The van der Waals surface area contributed by atoms with Gasteiger partial charge in [0.05, 0.1) is 0 Å². The number of nitrogens with one attached hydrogen (secondary N) is 1. The Balaban J connectivity index is 1.53. The van der Waals surface area contributed by atoms with Crippen LogP contribution in [0.15, 0.2) is 60.7 Å². The Morgan fingerprint density at radius 1 is 1.08 bits per heavy atom. The molecule has 3 rings (SSSR count). The van der Waals surface area contributed by atoms with Gasteiger partial charge in [0.15, 0.2) is 0 Å². The van der Waals surface area contributed by atoms with E-state index in [9.17, 15) is 4.79 Å². The molecule has 0 spiro atoms. The SMILES string of the molecule is Cc1ccccc1Cc1nnc(NC(=O)CC=Cc2ccccc2)s1. The molecule has 0 bridgehead atoms. The second-order valence-electron chi connectivity index (χ2n) is 5.67. The van der Waals surface area contributed by atoms with Crippen molar-refractivity contribution in [3.8, 4) is 0 Å². The summed E-state index contributed by atoms with van der Waals surface area (Å²) in [5, 5.41) is 12.5. The summed E-state index contributed by atoms with van der Waals surface area (Å²) in [6.07, 6.45) is 4.82. The number of carbonyl (C=O) groups is 1. The average Bonchev–Trinajstić information content (AvgIpc) is 3.05. The molecule has 0 aliphatic rings. The van der Waals surface area contributed by atoms with Crippen LogP contribution in [-0.4, -0.2) is 16.1 Å². The van der Waals surface area contributed by atoms with Gasteiger partial charge in [-0.15, -0.1) is 10.2 Å². The molecule has 2 aromatic carbocycles. The lowest BCUT2D eigenvalue weighted by Crippen LogP contribution is -2.09. The van der Waals surface area contributed by atoms with Gasteiger partial charge in [0.1, 0.15) is 5.01 Å². The standard InChI is InChI=1S/C20H19N3OS/c1-15-8-5-6-12-17(15)14-19-22-23-20(25-19)21-18(24)13-7-11-16-9-3-2-4-10-16/h2-12H,13-14H2,1H3,(H,21,23,24). The minimum absolute atomic E-state index is 0.0919. The lowest BCUT2D eigenvalue weighted by molar-refractivity contribution is -0.115. The lowest BCUT2D eigenvalue weighted by Gasteiger charge is -2.01. The molecule has 0 aliphatic carbocycles. The fourth-order valence-corrected chi connectivity index (χ4v) is 3.16. The number of aryl methyl sites for hydroxylation is 1. The van der Waals surface area contributed by atoms with Crippen LogP contribution in [0.4, 0.5) is 5.13 Å². The van der Waals surface area contributed by atoms with Crippen molar-refractivity contribution in [1.29, 1.82) is 0 Å². The molecule has 4 nitrogen and oxygen atoms in total. The lowest BCUT2D eigenvalue weighted by atomic mass is 10.1. The predicted molar refractivity (Wildman–Crippen MR) is 103 cm³/mol. The summed E-state index contributed by atoms with van der Waals surface area (Å²) in [7, 11) is 0. The molecule has 0 aliphatic heterocycles. The van der Waals surface area contributed by atoms with Crippen LogP contribution in [0.2, 0.25) is 0 Å². The van der Waals surface area contributed by atoms with E-state index >= 15 is 0 Å². The molecule has 1 heterocycles. The second kappa shape index (κ2) is 8.35. The van der Waals surface area contributed by atoms with E-state index in [4.69, 9.17) is 0 Å². The number of benzene rings is 2. The van der Waals surface area contributed by atoms with Crippen LogP contribution in [0.5, 0.6) is 0 Å². The van der Waals surface area contributed by atoms with Gasteiger partial charge in [-0.2, -0.15) is 0 Å². The van der Waals surface area contributed by atoms with E-state index in [1.807, 2.05) is 54.6 Å². The fourth-order valence-electron chi connectivity index (χ4n) is 2.38. The summed E-state index contributed by atoms with van der Waals surface area (Å²) in [5.41, 5.74) is 3.53. The topological polar surface area (TPSA) is 54.9 Å². The summed E-state index contributed by atoms with van der Waals surface area (Å²) < 4.78 is 0. The van der Waals surface area contributed by atoms with Crippen molar-refractivity contribution in [2.45, 2.75) is 19.8 Å². The molecule has 0 radical (unpaired) electrons. The highest BCUT2D eigenvalue weighted by atomic mass is 32.1. The predicted octanol–water partition coefficient (Wildman–Crippen LogP) is 4.48. The third-order valence-electron chi connectivity index (χ3n) is 3.73. The molecule has 0 atom stereocenters. The first-order valence-electron chi connectivity index (χ1n) is 8.09. The monoisotopic (exact) mass is 349 g/mol. The zero-order chi connectivity index (χ0) is 17.5. The minimum Gasteiger partial charge on any atom is -0.300 e. The van der Waals surface area contributed by atoms with Crippen LogP contribution in [0.1, 0.15) is 28.1 Å². The molecule has 3 aromatic rings. The summed E-state index contributed by atoms with van der Waals surface area (Å²) in [6.45, 7) is 2.08. The van der Waals surface area contributed by atoms with E-state index in [0.717, 1.165) is 17.0 Å². The normalized spacial score (nSPS) is 10.9. The summed E-state index contributed by atoms with van der Waals surface area (Å²) >= 11 is 1.42. The summed E-state index contributed by atoms with van der Waals surface area (Å²) in [6, 6.07) is 18.1. The Morgan fingerprint density at radius 3 is 2.64 bits per heavy atom. The smallest absolute Gasteiger partial charge is 0.230 e. The Hall–Kier alpha value is -2.79. The van der Waals surface area contributed by atoms with E-state index in [-0.39, 0.29) is 5.91 Å². The molecular weight excluding hydrogens is 330 g/mol. The Morgan fingerprint density at radius 2 is 1.84 bits per heavy atom. The molecule has 0 fully saturated rings. The Kier molecular flexibility index (Phi) is 5.69.